The number of aromatic nitrogens is 2. The Labute approximate surface area is 544 Å². The van der Waals surface area contributed by atoms with Gasteiger partial charge in [0.05, 0.1) is 67.4 Å². The van der Waals surface area contributed by atoms with Crippen molar-refractivity contribution in [2.75, 3.05) is 51.3 Å². The van der Waals surface area contributed by atoms with E-state index < -0.39 is 108 Å². The van der Waals surface area contributed by atoms with Crippen LogP contribution in [0.1, 0.15) is 56.7 Å². The van der Waals surface area contributed by atoms with Crippen LogP contribution in [0.3, 0.4) is 0 Å². The van der Waals surface area contributed by atoms with Crippen LogP contribution in [0.25, 0.3) is 16.7 Å². The van der Waals surface area contributed by atoms with E-state index in [4.69, 9.17) is 4.74 Å². The summed E-state index contributed by atoms with van der Waals surface area (Å²) in [6.45, 7) is 5.92. The standard InChI is InChI=1S/C53H54N14O20S7/c1-28-19-35(94(84,85)86)20-46-51(28)67-52(58-46)36(27-54)29(2)50(53(67)71)66-63-43-21-37(55-30(3)68)40(24-47(43)87-13-6-16-90(72,73)74)61-64-44-23-39(57-32(5)70)42(26-49(44)89-15-8-18-92(78,79)80)62-65-45-22-38(56-31(4)69)41(25-48(45)88-14-7-17-91(75,76)77)60-59-33-9-11-34(12-10-33)93(81,82)83/h9-12,19-26,71H,6-8,13-18H2,1-5H3,(H,55,68)(H,56,69)(H,57,70)(H,72,73,74)(H,75,76,77)(H,78,79,80)(H,81,82,83)(H,84,85,86). The molecule has 0 unspecified atom stereocenters. The highest BCUT2D eigenvalue weighted by Gasteiger charge is 2.25. The largest absolute Gasteiger partial charge is 0.493 e. The summed E-state index contributed by atoms with van der Waals surface area (Å²) in [5.74, 6) is -4.84. The monoisotopic (exact) mass is 1430 g/mol. The molecule has 0 aliphatic rings. The zero-order valence-electron chi connectivity index (χ0n) is 49.5. The number of carbonyl (C=O) groups excluding carboxylic acids is 3. The van der Waals surface area contributed by atoms with Crippen LogP contribution in [0.2, 0.25) is 0 Å². The van der Waals surface area contributed by atoms with E-state index >= 15 is 0 Å². The molecule has 0 bridgehead atoms. The van der Waals surface area contributed by atoms with Crippen LogP contribution in [0, 0.1) is 25.2 Å². The average molecular weight is 1430 g/mol. The van der Waals surface area contributed by atoms with E-state index in [0.29, 0.717) is 0 Å². The van der Waals surface area contributed by atoms with Crippen molar-refractivity contribution >= 4 is 171 Å². The third kappa shape index (κ3) is 20.1. The predicted molar refractivity (Wildman–Crippen MR) is 344 cm³/mol. The molecule has 34 nitrogen and oxygen atoms in total. The summed E-state index contributed by atoms with van der Waals surface area (Å²) in [5, 5.41) is 64.6. The summed E-state index contributed by atoms with van der Waals surface area (Å²) in [6, 6.07) is 16.5. The second-order valence-electron chi connectivity index (χ2n) is 19.9. The van der Waals surface area contributed by atoms with Crippen molar-refractivity contribution in [2.45, 2.75) is 73.5 Å². The van der Waals surface area contributed by atoms with Gasteiger partial charge in [-0.2, -0.15) is 52.5 Å². The SMILES string of the molecule is CC(=O)Nc1cc(N=Nc2cc(SCCCS(=O)(=O)O)c(N=Nc3cc(OCCCS(=O)(=O)O)c(N=Nc4c(C)c(C#N)c5nc6cc(S(=O)(=O)O)cc(C)c6n5c4O)cc3NC(C)=O)cc2NC(C)=O)c(SCCCS(=O)(=O)O)cc1N=Nc1ccc(S(=O)(=O)O)cc1. The molecular formula is C53H54N14O20S7. The molecule has 0 radical (unpaired) electrons. The highest BCUT2D eigenvalue weighted by molar-refractivity contribution is 7.99. The summed E-state index contributed by atoms with van der Waals surface area (Å²) in [4.78, 5) is 42.1. The van der Waals surface area contributed by atoms with Crippen molar-refractivity contribution in [3.05, 3.63) is 89.5 Å². The van der Waals surface area contributed by atoms with E-state index in [1.807, 2.05) is 6.07 Å². The Morgan fingerprint density at radius 3 is 1.46 bits per heavy atom. The molecular weight excluding hydrogens is 1380 g/mol. The summed E-state index contributed by atoms with van der Waals surface area (Å²) in [6.07, 6.45) is -0.505. The predicted octanol–water partition coefficient (Wildman–Crippen LogP) is 11.1. The lowest BCUT2D eigenvalue weighted by Gasteiger charge is -2.14. The molecule has 3 amide bonds. The number of anilines is 3. The smallest absolute Gasteiger partial charge is 0.294 e. The molecule has 0 aliphatic carbocycles. The van der Waals surface area contributed by atoms with E-state index in [2.05, 4.69) is 61.8 Å². The highest BCUT2D eigenvalue weighted by atomic mass is 32.2. The minimum Gasteiger partial charge on any atom is -0.493 e. The van der Waals surface area contributed by atoms with Crippen LogP contribution in [0.15, 0.2) is 133 Å². The molecule has 41 heteroatoms. The normalized spacial score (nSPS) is 12.6. The van der Waals surface area contributed by atoms with Gasteiger partial charge >= 0.3 is 0 Å². The number of nitrogens with zero attached hydrogens (tertiary/aromatic N) is 11. The molecule has 0 fully saturated rings. The molecule has 7 aromatic rings. The number of ether oxygens (including phenoxy) is 1. The highest BCUT2D eigenvalue weighted by Crippen LogP contribution is 2.47. The molecule has 2 aromatic heterocycles. The van der Waals surface area contributed by atoms with Crippen LogP contribution in [0.5, 0.6) is 11.6 Å². The molecule has 0 spiro atoms. The van der Waals surface area contributed by atoms with Crippen LogP contribution in [0.4, 0.5) is 62.6 Å². The maximum Gasteiger partial charge on any atom is 0.294 e. The Morgan fingerprint density at radius 2 is 1.00 bits per heavy atom. The number of thioether (sulfide) groups is 2. The number of nitriles is 1. The van der Waals surface area contributed by atoms with Gasteiger partial charge in [-0.05, 0) is 117 Å². The number of amides is 3. The lowest BCUT2D eigenvalue weighted by molar-refractivity contribution is -0.115. The fraction of sp³-hybridized carbons (Fsp3) is 0.264. The van der Waals surface area contributed by atoms with Crippen LogP contribution >= 0.6 is 23.5 Å². The number of nitrogens with one attached hydrogen (secondary N) is 3. The summed E-state index contributed by atoms with van der Waals surface area (Å²) in [5.41, 5.74) is -0.984. The molecule has 498 valence electrons. The summed E-state index contributed by atoms with van der Waals surface area (Å²) in [7, 11) is -22.6. The topological polar surface area (TPSA) is 529 Å². The number of aryl methyl sites for hydroxylation is 1. The van der Waals surface area contributed by atoms with E-state index in [0.717, 1.165) is 66.0 Å². The van der Waals surface area contributed by atoms with Gasteiger partial charge < -0.3 is 25.8 Å². The third-order valence-corrected chi connectivity index (χ3v) is 18.9. The number of hydrogen-bond donors (Lipinski definition) is 9. The van der Waals surface area contributed by atoms with Gasteiger partial charge in [-0.15, -0.1) is 59.3 Å². The maximum atomic E-state index is 12.9. The Balaban J connectivity index is 1.37. The van der Waals surface area contributed by atoms with Crippen LogP contribution in [-0.4, -0.2) is 132 Å². The van der Waals surface area contributed by atoms with E-state index in [-0.39, 0.29) is 142 Å². The second-order valence-corrected chi connectivity index (χ2v) is 29.8. The second kappa shape index (κ2) is 30.1. The Hall–Kier alpha value is -8.80. The molecule has 0 aliphatic heterocycles. The number of pyridine rings is 1. The van der Waals surface area contributed by atoms with Crippen molar-refractivity contribution in [3.8, 4) is 17.7 Å². The fourth-order valence-electron chi connectivity index (χ4n) is 8.47. The maximum absolute atomic E-state index is 12.9. The van der Waals surface area contributed by atoms with Crippen molar-refractivity contribution in [3.63, 3.8) is 0 Å². The summed E-state index contributed by atoms with van der Waals surface area (Å²) < 4.78 is 172. The lowest BCUT2D eigenvalue weighted by atomic mass is 10.1. The molecule has 9 N–H and O–H groups in total. The lowest BCUT2D eigenvalue weighted by Crippen LogP contribution is -2.09. The molecule has 2 heterocycles. The van der Waals surface area contributed by atoms with E-state index in [1.54, 1.807) is 0 Å². The van der Waals surface area contributed by atoms with Crippen molar-refractivity contribution < 1.29 is 89.1 Å². The van der Waals surface area contributed by atoms with Gasteiger partial charge in [0.1, 0.15) is 51.5 Å². The Morgan fingerprint density at radius 1 is 0.564 bits per heavy atom. The number of fused-ring (bicyclic) bond motifs is 3. The van der Waals surface area contributed by atoms with Gasteiger partial charge in [0.2, 0.25) is 23.6 Å². The number of rotatable bonds is 28. The number of benzene rings is 5. The van der Waals surface area contributed by atoms with Gasteiger partial charge in [0.25, 0.3) is 50.6 Å². The van der Waals surface area contributed by atoms with Crippen molar-refractivity contribution in [1.29, 1.82) is 5.26 Å². The minimum atomic E-state index is -4.73. The van der Waals surface area contributed by atoms with E-state index in [1.165, 1.54) is 69.3 Å². The van der Waals surface area contributed by atoms with Crippen LogP contribution < -0.4 is 20.7 Å². The first-order valence-corrected chi connectivity index (χ1v) is 36.5. The molecule has 0 atom stereocenters. The minimum absolute atomic E-state index is 0.000677. The Kier molecular flexibility index (Phi) is 23.2. The first-order valence-electron chi connectivity index (χ1n) is 26.8. The fourth-order valence-corrected chi connectivity index (χ4v) is 13.3. The zero-order valence-corrected chi connectivity index (χ0v) is 55.2. The molecule has 94 heavy (non-hydrogen) atoms. The van der Waals surface area contributed by atoms with Gasteiger partial charge in [0, 0.05) is 42.2 Å². The molecule has 0 saturated heterocycles. The quantitative estimate of drug-likeness (QED) is 0.00952. The number of aromatic hydroxyl groups is 1. The molecule has 7 rings (SSSR count). The number of hydrogen-bond acceptors (Lipinski definition) is 27. The first kappa shape index (κ1) is 72.6. The third-order valence-electron chi connectivity index (χ3n) is 12.5. The van der Waals surface area contributed by atoms with Gasteiger partial charge in [-0.25, -0.2) is 4.98 Å². The first-order chi connectivity index (χ1) is 43.9. The van der Waals surface area contributed by atoms with Gasteiger partial charge in [-0.3, -0.25) is 41.5 Å². The van der Waals surface area contributed by atoms with Crippen molar-refractivity contribution in [2.24, 2.45) is 40.9 Å². The average Bonchev–Trinajstić information content (AvgIpc) is 1.56. The Bertz CT molecular complexity index is 4960. The van der Waals surface area contributed by atoms with Gasteiger partial charge in [-0.1, -0.05) is 0 Å². The van der Waals surface area contributed by atoms with E-state index in [9.17, 15) is 89.6 Å². The van der Waals surface area contributed by atoms with Gasteiger partial charge in [0.15, 0.2) is 11.3 Å². The molecule has 5 aromatic carbocycles. The molecule has 0 saturated carbocycles. The summed E-state index contributed by atoms with van der Waals surface area (Å²) >= 11 is 1.99. The zero-order chi connectivity index (χ0) is 69.3. The number of imidazole rings is 1. The van der Waals surface area contributed by atoms with Crippen LogP contribution in [-0.2, 0) is 65.0 Å². The number of azo groups is 4. The number of carbonyl (C=O) groups is 3. The van der Waals surface area contributed by atoms with Crippen molar-refractivity contribution in [1.82, 2.24) is 9.38 Å².